The van der Waals surface area contributed by atoms with E-state index < -0.39 is 9.84 Å². The zero-order valence-electron chi connectivity index (χ0n) is 14.9. The van der Waals surface area contributed by atoms with Gasteiger partial charge >= 0.3 is 0 Å². The standard InChI is InChI=1S/C15H21F.C4H10O2S.H2/c1-2-3-5-12-6-4-7-15(12)13-8-10-14(16)11-9-13;1-4(2)7(3,5)6;/h8-12,15H,2-7H2,1H3;4H,1-3H3;1H/t12?,15-;;/m0../s1. The summed E-state index contributed by atoms with van der Waals surface area (Å²) in [5.74, 6) is 1.41. The van der Waals surface area contributed by atoms with Gasteiger partial charge in [0.25, 0.3) is 0 Å². The van der Waals surface area contributed by atoms with Gasteiger partial charge < -0.3 is 0 Å². The Morgan fingerprint density at radius 1 is 1.22 bits per heavy atom. The summed E-state index contributed by atoms with van der Waals surface area (Å²) in [6, 6.07) is 7.16. The molecule has 1 aliphatic carbocycles. The van der Waals surface area contributed by atoms with Crippen molar-refractivity contribution in [1.82, 2.24) is 0 Å². The topological polar surface area (TPSA) is 34.1 Å². The summed E-state index contributed by atoms with van der Waals surface area (Å²) in [5.41, 5.74) is 1.35. The molecule has 1 saturated carbocycles. The lowest BCUT2D eigenvalue weighted by Gasteiger charge is -2.19. The summed E-state index contributed by atoms with van der Waals surface area (Å²) in [5, 5.41) is -0.229. The predicted molar refractivity (Wildman–Crippen MR) is 98.1 cm³/mol. The van der Waals surface area contributed by atoms with E-state index in [0.29, 0.717) is 5.92 Å². The second kappa shape index (κ2) is 9.41. The molecule has 2 nitrogen and oxygen atoms in total. The van der Waals surface area contributed by atoms with E-state index in [9.17, 15) is 12.8 Å². The van der Waals surface area contributed by atoms with E-state index in [1.807, 2.05) is 12.1 Å². The van der Waals surface area contributed by atoms with Crippen LogP contribution in [-0.2, 0) is 9.84 Å². The summed E-state index contributed by atoms with van der Waals surface area (Å²) in [6.45, 7) is 5.58. The van der Waals surface area contributed by atoms with Crippen molar-refractivity contribution in [2.24, 2.45) is 5.92 Å². The number of benzene rings is 1. The Hall–Kier alpha value is -0.900. The van der Waals surface area contributed by atoms with Gasteiger partial charge in [-0.3, -0.25) is 0 Å². The van der Waals surface area contributed by atoms with Crippen LogP contribution in [0.4, 0.5) is 4.39 Å². The highest BCUT2D eigenvalue weighted by Crippen LogP contribution is 2.42. The highest BCUT2D eigenvalue weighted by Gasteiger charge is 2.27. The van der Waals surface area contributed by atoms with Crippen LogP contribution in [0.15, 0.2) is 24.3 Å². The molecule has 23 heavy (non-hydrogen) atoms. The van der Waals surface area contributed by atoms with Gasteiger partial charge in [-0.05, 0) is 62.6 Å². The summed E-state index contributed by atoms with van der Waals surface area (Å²) < 4.78 is 33.5. The summed E-state index contributed by atoms with van der Waals surface area (Å²) in [4.78, 5) is 0. The molecular weight excluding hydrogens is 311 g/mol. The van der Waals surface area contributed by atoms with Crippen molar-refractivity contribution in [3.05, 3.63) is 35.6 Å². The van der Waals surface area contributed by atoms with E-state index in [-0.39, 0.29) is 12.5 Å². The molecule has 1 aromatic rings. The first-order chi connectivity index (χ1) is 10.8. The molecule has 0 aliphatic heterocycles. The van der Waals surface area contributed by atoms with Crippen LogP contribution >= 0.6 is 0 Å². The van der Waals surface area contributed by atoms with Crippen molar-refractivity contribution in [2.45, 2.75) is 70.5 Å². The fourth-order valence-corrected chi connectivity index (χ4v) is 3.00. The Morgan fingerprint density at radius 3 is 2.26 bits per heavy atom. The van der Waals surface area contributed by atoms with Crippen molar-refractivity contribution >= 4 is 9.84 Å². The monoisotopic (exact) mass is 344 g/mol. The van der Waals surface area contributed by atoms with Crippen molar-refractivity contribution in [2.75, 3.05) is 6.26 Å². The normalized spacial score (nSPS) is 21.1. The first kappa shape index (κ1) is 20.1. The molecular formula is C19H33FO2S. The van der Waals surface area contributed by atoms with E-state index in [4.69, 9.17) is 0 Å². The van der Waals surface area contributed by atoms with Crippen molar-refractivity contribution in [3.8, 4) is 0 Å². The van der Waals surface area contributed by atoms with Crippen LogP contribution in [-0.4, -0.2) is 19.9 Å². The fraction of sp³-hybridized carbons (Fsp3) is 0.684. The predicted octanol–water partition coefficient (Wildman–Crippen LogP) is 5.59. The zero-order valence-corrected chi connectivity index (χ0v) is 15.7. The number of halogens is 1. The van der Waals surface area contributed by atoms with Gasteiger partial charge in [-0.2, -0.15) is 0 Å². The molecule has 2 atom stereocenters. The van der Waals surface area contributed by atoms with E-state index in [0.717, 1.165) is 5.92 Å². The second-order valence-electron chi connectivity index (χ2n) is 6.87. The molecule has 0 aromatic heterocycles. The van der Waals surface area contributed by atoms with Gasteiger partial charge in [0.05, 0.1) is 5.25 Å². The molecule has 1 fully saturated rings. The van der Waals surface area contributed by atoms with Crippen LogP contribution in [0.5, 0.6) is 0 Å². The largest absolute Gasteiger partial charge is 0.229 e. The number of rotatable bonds is 5. The first-order valence-electron chi connectivity index (χ1n) is 8.70. The summed E-state index contributed by atoms with van der Waals surface area (Å²) in [7, 11) is -2.74. The highest BCUT2D eigenvalue weighted by atomic mass is 32.2. The minimum absolute atomic E-state index is 0. The quantitative estimate of drug-likeness (QED) is 0.698. The minimum Gasteiger partial charge on any atom is -0.229 e. The first-order valence-corrected chi connectivity index (χ1v) is 10.7. The van der Waals surface area contributed by atoms with Crippen molar-refractivity contribution < 1.29 is 14.2 Å². The molecule has 0 bridgehead atoms. The number of sulfone groups is 1. The van der Waals surface area contributed by atoms with Crippen LogP contribution in [0, 0.1) is 11.7 Å². The Morgan fingerprint density at radius 2 is 1.78 bits per heavy atom. The highest BCUT2D eigenvalue weighted by molar-refractivity contribution is 7.91. The molecule has 0 heterocycles. The smallest absolute Gasteiger partial charge is 0.149 e. The van der Waals surface area contributed by atoms with Crippen LogP contribution in [0.2, 0.25) is 0 Å². The van der Waals surface area contributed by atoms with Crippen LogP contribution in [0.3, 0.4) is 0 Å². The van der Waals surface area contributed by atoms with E-state index >= 15 is 0 Å². The molecule has 0 N–H and O–H groups in total. The molecule has 1 aromatic carbocycles. The average Bonchev–Trinajstić information content (AvgIpc) is 2.94. The van der Waals surface area contributed by atoms with Gasteiger partial charge in [0, 0.05) is 7.68 Å². The lowest BCUT2D eigenvalue weighted by atomic mass is 9.86. The van der Waals surface area contributed by atoms with Crippen molar-refractivity contribution in [1.29, 1.82) is 0 Å². The lowest BCUT2D eigenvalue weighted by molar-refractivity contribution is 0.432. The molecule has 0 radical (unpaired) electrons. The van der Waals surface area contributed by atoms with E-state index in [1.54, 1.807) is 26.0 Å². The van der Waals surface area contributed by atoms with Gasteiger partial charge in [-0.1, -0.05) is 38.3 Å². The van der Waals surface area contributed by atoms with E-state index in [2.05, 4.69) is 6.92 Å². The summed E-state index contributed by atoms with van der Waals surface area (Å²) >= 11 is 0. The molecule has 4 heteroatoms. The Bertz CT molecular complexity index is 555. The Labute approximate surface area is 142 Å². The lowest BCUT2D eigenvalue weighted by Crippen LogP contribution is -2.10. The minimum atomic E-state index is -2.74. The molecule has 0 spiro atoms. The third kappa shape index (κ3) is 7.03. The maximum Gasteiger partial charge on any atom is 0.149 e. The molecule has 134 valence electrons. The number of unbranched alkanes of at least 4 members (excludes halogenated alkanes) is 1. The zero-order chi connectivity index (χ0) is 17.5. The molecule has 0 amide bonds. The Balaban J connectivity index is 0.000000570. The van der Waals surface area contributed by atoms with Crippen LogP contribution in [0.25, 0.3) is 0 Å². The van der Waals surface area contributed by atoms with Gasteiger partial charge in [-0.15, -0.1) is 0 Å². The fourth-order valence-electron chi connectivity index (χ4n) is 3.00. The second-order valence-corrected chi connectivity index (χ2v) is 9.47. The van der Waals surface area contributed by atoms with Crippen molar-refractivity contribution in [3.63, 3.8) is 0 Å². The van der Waals surface area contributed by atoms with Crippen LogP contribution < -0.4 is 0 Å². The van der Waals surface area contributed by atoms with Gasteiger partial charge in [-0.25, -0.2) is 12.8 Å². The SMILES string of the molecule is CC(C)S(C)(=O)=O.CCCCC1CCC[C@@H]1c1ccc(F)cc1.[HH]. The maximum atomic E-state index is 12.9. The van der Waals surface area contributed by atoms with Gasteiger partial charge in [0.15, 0.2) is 0 Å². The van der Waals surface area contributed by atoms with E-state index in [1.165, 1.54) is 50.3 Å². The Kier molecular flexibility index (Phi) is 8.24. The number of hydrogen-bond acceptors (Lipinski definition) is 2. The maximum absolute atomic E-state index is 12.9. The third-order valence-corrected chi connectivity index (χ3v) is 6.45. The molecule has 1 unspecified atom stereocenters. The van der Waals surface area contributed by atoms with Gasteiger partial charge in [0.1, 0.15) is 15.7 Å². The average molecular weight is 345 g/mol. The third-order valence-electron chi connectivity index (χ3n) is 4.74. The number of hydrogen-bond donors (Lipinski definition) is 0. The molecule has 1 aliphatic rings. The molecule has 0 saturated heterocycles. The summed E-state index contributed by atoms with van der Waals surface area (Å²) in [6.07, 6.45) is 9.20. The van der Waals surface area contributed by atoms with Gasteiger partial charge in [0.2, 0.25) is 0 Å². The van der Waals surface area contributed by atoms with Crippen LogP contribution in [0.1, 0.15) is 72.2 Å². The molecule has 2 rings (SSSR count).